The first-order chi connectivity index (χ1) is 12.9. The van der Waals surface area contributed by atoms with Crippen molar-refractivity contribution < 1.29 is 13.2 Å². The lowest BCUT2D eigenvalue weighted by Crippen LogP contribution is -2.11. The number of anilines is 2. The van der Waals surface area contributed by atoms with Gasteiger partial charge in [0.2, 0.25) is 0 Å². The number of aromatic nitrogens is 1. The Balaban J connectivity index is 1.98. The van der Waals surface area contributed by atoms with Gasteiger partial charge in [0.25, 0.3) is 6.43 Å². The Kier molecular flexibility index (Phi) is 5.54. The molecule has 3 aromatic rings. The van der Waals surface area contributed by atoms with Crippen LogP contribution in [0.25, 0.3) is 10.9 Å². The monoisotopic (exact) mass is 373 g/mol. The molecule has 27 heavy (non-hydrogen) atoms. The zero-order chi connectivity index (χ0) is 19.6. The van der Waals surface area contributed by atoms with Crippen LogP contribution in [-0.2, 0) is 0 Å². The molecule has 1 unspecified atom stereocenters. The molecule has 1 aromatic heterocycles. The van der Waals surface area contributed by atoms with Gasteiger partial charge in [0.1, 0.15) is 5.82 Å². The molecule has 0 spiro atoms. The molecule has 6 heteroatoms. The summed E-state index contributed by atoms with van der Waals surface area (Å²) in [5, 5.41) is 7.39. The Bertz CT molecular complexity index is 957. The second-order valence-corrected chi connectivity index (χ2v) is 6.49. The number of halogens is 3. The number of nitrogens with one attached hydrogen (secondary N) is 2. The smallest absolute Gasteiger partial charge is 0.266 e. The van der Waals surface area contributed by atoms with Crippen LogP contribution in [0, 0.1) is 12.7 Å². The standard InChI is InChI=1S/C21H22F3N3/c1-4-25-14-8-9-16-18(10-12(2)26-19(16)11-14)27-13(3)15-6-5-7-17(20(15)22)21(23)24/h5-11,13,21,25H,4H2,1-3H3,(H,26,27). The second kappa shape index (κ2) is 7.86. The number of alkyl halides is 2. The predicted molar refractivity (Wildman–Crippen MR) is 104 cm³/mol. The molecule has 3 rings (SSSR count). The van der Waals surface area contributed by atoms with E-state index in [0.717, 1.165) is 40.6 Å². The molecule has 142 valence electrons. The first kappa shape index (κ1) is 19.0. The average molecular weight is 373 g/mol. The fourth-order valence-electron chi connectivity index (χ4n) is 3.18. The summed E-state index contributed by atoms with van der Waals surface area (Å²) in [6.45, 7) is 6.46. The highest BCUT2D eigenvalue weighted by atomic mass is 19.3. The van der Waals surface area contributed by atoms with E-state index < -0.39 is 23.8 Å². The molecule has 0 aliphatic heterocycles. The van der Waals surface area contributed by atoms with Crippen molar-refractivity contribution in [2.75, 3.05) is 17.2 Å². The van der Waals surface area contributed by atoms with Gasteiger partial charge in [-0.1, -0.05) is 18.2 Å². The van der Waals surface area contributed by atoms with Gasteiger partial charge in [-0.3, -0.25) is 4.98 Å². The van der Waals surface area contributed by atoms with E-state index in [1.165, 1.54) is 12.1 Å². The summed E-state index contributed by atoms with van der Waals surface area (Å²) in [5.41, 5.74) is 3.01. The molecule has 3 nitrogen and oxygen atoms in total. The normalized spacial score (nSPS) is 12.4. The largest absolute Gasteiger partial charge is 0.385 e. The molecule has 0 radical (unpaired) electrons. The zero-order valence-electron chi connectivity index (χ0n) is 15.5. The highest BCUT2D eigenvalue weighted by Gasteiger charge is 2.20. The van der Waals surface area contributed by atoms with Crippen molar-refractivity contribution in [2.24, 2.45) is 0 Å². The Labute approximate surface area is 156 Å². The fourth-order valence-corrected chi connectivity index (χ4v) is 3.18. The molecule has 0 fully saturated rings. The molecule has 1 atom stereocenters. The minimum atomic E-state index is -2.84. The lowest BCUT2D eigenvalue weighted by Gasteiger charge is -2.19. The number of nitrogens with zero attached hydrogens (tertiary/aromatic N) is 1. The van der Waals surface area contributed by atoms with Gasteiger partial charge in [-0.15, -0.1) is 0 Å². The van der Waals surface area contributed by atoms with Crippen LogP contribution in [0.3, 0.4) is 0 Å². The van der Waals surface area contributed by atoms with Crippen molar-refractivity contribution in [3.05, 3.63) is 65.1 Å². The molecule has 2 aromatic carbocycles. The van der Waals surface area contributed by atoms with Gasteiger partial charge >= 0.3 is 0 Å². The van der Waals surface area contributed by atoms with E-state index in [2.05, 4.69) is 15.6 Å². The summed E-state index contributed by atoms with van der Waals surface area (Å²) < 4.78 is 40.4. The Morgan fingerprint density at radius 3 is 2.52 bits per heavy atom. The van der Waals surface area contributed by atoms with Crippen molar-refractivity contribution >= 4 is 22.3 Å². The Morgan fingerprint density at radius 1 is 1.07 bits per heavy atom. The van der Waals surface area contributed by atoms with E-state index in [0.29, 0.717) is 0 Å². The van der Waals surface area contributed by atoms with Crippen LogP contribution in [0.1, 0.15) is 43.1 Å². The second-order valence-electron chi connectivity index (χ2n) is 6.49. The lowest BCUT2D eigenvalue weighted by atomic mass is 10.0. The Morgan fingerprint density at radius 2 is 1.81 bits per heavy atom. The van der Waals surface area contributed by atoms with Gasteiger partial charge in [-0.05, 0) is 45.0 Å². The average Bonchev–Trinajstić information content (AvgIpc) is 2.61. The number of hydrogen-bond donors (Lipinski definition) is 2. The predicted octanol–water partition coefficient (Wildman–Crippen LogP) is 6.22. The van der Waals surface area contributed by atoms with Crippen molar-refractivity contribution in [3.8, 4) is 0 Å². The van der Waals surface area contributed by atoms with E-state index >= 15 is 0 Å². The van der Waals surface area contributed by atoms with Crippen molar-refractivity contribution in [1.29, 1.82) is 0 Å². The van der Waals surface area contributed by atoms with Crippen LogP contribution in [0.15, 0.2) is 42.5 Å². The zero-order valence-corrected chi connectivity index (χ0v) is 15.5. The first-order valence-electron chi connectivity index (χ1n) is 8.89. The van der Waals surface area contributed by atoms with E-state index in [1.54, 1.807) is 6.92 Å². The van der Waals surface area contributed by atoms with E-state index in [-0.39, 0.29) is 5.56 Å². The molecule has 0 saturated carbocycles. The lowest BCUT2D eigenvalue weighted by molar-refractivity contribution is 0.146. The third kappa shape index (κ3) is 3.99. The fraction of sp³-hybridized carbons (Fsp3) is 0.286. The third-order valence-corrected chi connectivity index (χ3v) is 4.45. The Hall–Kier alpha value is -2.76. The van der Waals surface area contributed by atoms with Crippen LogP contribution < -0.4 is 10.6 Å². The molecule has 1 heterocycles. The van der Waals surface area contributed by atoms with Crippen molar-refractivity contribution in [1.82, 2.24) is 4.98 Å². The van der Waals surface area contributed by atoms with Gasteiger partial charge in [0, 0.05) is 34.6 Å². The molecule has 0 aliphatic carbocycles. The first-order valence-corrected chi connectivity index (χ1v) is 8.89. The summed E-state index contributed by atoms with van der Waals surface area (Å²) in [4.78, 5) is 4.56. The van der Waals surface area contributed by atoms with Crippen LogP contribution >= 0.6 is 0 Å². The van der Waals surface area contributed by atoms with Crippen LogP contribution in [0.4, 0.5) is 24.5 Å². The highest BCUT2D eigenvalue weighted by molar-refractivity contribution is 5.93. The van der Waals surface area contributed by atoms with Crippen molar-refractivity contribution in [2.45, 2.75) is 33.2 Å². The number of benzene rings is 2. The van der Waals surface area contributed by atoms with Gasteiger partial charge in [-0.25, -0.2) is 13.2 Å². The van der Waals surface area contributed by atoms with Crippen LogP contribution in [0.5, 0.6) is 0 Å². The number of aryl methyl sites for hydroxylation is 1. The summed E-state index contributed by atoms with van der Waals surface area (Å²) >= 11 is 0. The van der Waals surface area contributed by atoms with Gasteiger partial charge in [0.05, 0.1) is 17.1 Å². The van der Waals surface area contributed by atoms with Gasteiger partial charge in [0.15, 0.2) is 0 Å². The third-order valence-electron chi connectivity index (χ3n) is 4.45. The van der Waals surface area contributed by atoms with Crippen molar-refractivity contribution in [3.63, 3.8) is 0 Å². The molecule has 0 bridgehead atoms. The summed E-state index contributed by atoms with van der Waals surface area (Å²) in [5.74, 6) is -0.864. The quantitative estimate of drug-likeness (QED) is 0.538. The molecular weight excluding hydrogens is 351 g/mol. The van der Waals surface area contributed by atoms with Crippen LogP contribution in [0.2, 0.25) is 0 Å². The minimum Gasteiger partial charge on any atom is -0.385 e. The maximum Gasteiger partial charge on any atom is 0.266 e. The number of fused-ring (bicyclic) bond motifs is 1. The van der Waals surface area contributed by atoms with Gasteiger partial charge < -0.3 is 10.6 Å². The molecule has 0 saturated heterocycles. The van der Waals surface area contributed by atoms with Crippen LogP contribution in [-0.4, -0.2) is 11.5 Å². The SMILES string of the molecule is CCNc1ccc2c(NC(C)c3cccc(C(F)F)c3F)cc(C)nc2c1. The molecular formula is C21H22F3N3. The van der Waals surface area contributed by atoms with E-state index in [9.17, 15) is 13.2 Å². The summed E-state index contributed by atoms with van der Waals surface area (Å²) in [6, 6.07) is 11.3. The number of hydrogen-bond acceptors (Lipinski definition) is 3. The van der Waals surface area contributed by atoms with E-state index in [1.807, 2.05) is 38.1 Å². The maximum atomic E-state index is 14.5. The minimum absolute atomic E-state index is 0.208. The maximum absolute atomic E-state index is 14.5. The number of pyridine rings is 1. The molecule has 0 aliphatic rings. The number of rotatable bonds is 6. The topological polar surface area (TPSA) is 37.0 Å². The summed E-state index contributed by atoms with van der Waals surface area (Å²) in [6.07, 6.45) is -2.84. The molecule has 2 N–H and O–H groups in total. The molecule has 0 amide bonds. The summed E-state index contributed by atoms with van der Waals surface area (Å²) in [7, 11) is 0. The van der Waals surface area contributed by atoms with E-state index in [4.69, 9.17) is 0 Å². The van der Waals surface area contributed by atoms with Gasteiger partial charge in [-0.2, -0.15) is 0 Å². The highest BCUT2D eigenvalue weighted by Crippen LogP contribution is 2.32.